The second kappa shape index (κ2) is 6.23. The molecule has 1 aliphatic rings. The highest BCUT2D eigenvalue weighted by molar-refractivity contribution is 7.99. The van der Waals surface area contributed by atoms with E-state index in [1.165, 1.54) is 10.4 Å². The normalized spacial score (nSPS) is 19.8. The van der Waals surface area contributed by atoms with Crippen LogP contribution in [0.3, 0.4) is 0 Å². The van der Waals surface area contributed by atoms with Gasteiger partial charge in [0.1, 0.15) is 0 Å². The van der Waals surface area contributed by atoms with Crippen molar-refractivity contribution in [1.29, 1.82) is 0 Å². The van der Waals surface area contributed by atoms with E-state index in [-0.39, 0.29) is 17.5 Å². The molecule has 112 valence electrons. The van der Waals surface area contributed by atoms with E-state index in [2.05, 4.69) is 0 Å². The Morgan fingerprint density at radius 2 is 2.20 bits per heavy atom. The molecule has 0 aliphatic carbocycles. The highest BCUT2D eigenvalue weighted by Crippen LogP contribution is 2.30. The van der Waals surface area contributed by atoms with Gasteiger partial charge in [0.2, 0.25) is 10.0 Å². The summed E-state index contributed by atoms with van der Waals surface area (Å²) in [7, 11) is -1.88. The number of thioether (sulfide) groups is 1. The minimum absolute atomic E-state index is 0.0599. The Hall–Kier alpha value is -0.270. The van der Waals surface area contributed by atoms with Gasteiger partial charge in [0, 0.05) is 30.4 Å². The molecule has 0 amide bonds. The van der Waals surface area contributed by atoms with Crippen LogP contribution in [0.4, 0.5) is 0 Å². The molecule has 2 N–H and O–H groups in total. The van der Waals surface area contributed by atoms with Crippen molar-refractivity contribution in [3.8, 4) is 0 Å². The van der Waals surface area contributed by atoms with Gasteiger partial charge in [-0.05, 0) is 42.4 Å². The lowest BCUT2D eigenvalue weighted by atomic mass is 10.1. The molecule has 0 bridgehead atoms. The number of nitrogens with zero attached hydrogens (tertiary/aromatic N) is 1. The maximum absolute atomic E-state index is 12.8. The van der Waals surface area contributed by atoms with Gasteiger partial charge in [-0.2, -0.15) is 16.1 Å². The first-order valence-electron chi connectivity index (χ1n) is 6.42. The maximum atomic E-state index is 12.8. The second-order valence-electron chi connectivity index (χ2n) is 4.93. The Labute approximate surface area is 129 Å². The predicted molar refractivity (Wildman–Crippen MR) is 84.8 cm³/mol. The molecule has 7 heteroatoms. The van der Waals surface area contributed by atoms with Crippen LogP contribution in [-0.4, -0.2) is 37.3 Å². The van der Waals surface area contributed by atoms with Gasteiger partial charge in [-0.25, -0.2) is 8.42 Å². The Kier molecular flexibility index (Phi) is 5.02. The molecule has 20 heavy (non-hydrogen) atoms. The smallest absolute Gasteiger partial charge is 0.243 e. The summed E-state index contributed by atoms with van der Waals surface area (Å²) in [4.78, 5) is 0.268. The molecular weight excluding hydrogens is 316 g/mol. The van der Waals surface area contributed by atoms with E-state index in [0.29, 0.717) is 10.6 Å². The molecule has 0 saturated carbocycles. The zero-order chi connectivity index (χ0) is 14.9. The van der Waals surface area contributed by atoms with Crippen molar-refractivity contribution in [2.24, 2.45) is 5.73 Å². The molecule has 1 heterocycles. The van der Waals surface area contributed by atoms with Crippen molar-refractivity contribution < 1.29 is 8.42 Å². The Balaban J connectivity index is 2.45. The maximum Gasteiger partial charge on any atom is 0.243 e. The number of sulfonamides is 1. The molecule has 1 unspecified atom stereocenters. The Morgan fingerprint density at radius 3 is 2.75 bits per heavy atom. The van der Waals surface area contributed by atoms with Crippen molar-refractivity contribution >= 4 is 33.4 Å². The summed E-state index contributed by atoms with van der Waals surface area (Å²) in [5, 5.41) is 0.406. The topological polar surface area (TPSA) is 63.4 Å². The van der Waals surface area contributed by atoms with E-state index in [0.717, 1.165) is 23.5 Å². The lowest BCUT2D eigenvalue weighted by molar-refractivity contribution is 0.394. The van der Waals surface area contributed by atoms with Gasteiger partial charge in [0.25, 0.3) is 0 Å². The fraction of sp³-hybridized carbons (Fsp3) is 0.538. The van der Waals surface area contributed by atoms with Gasteiger partial charge in [0.05, 0.1) is 4.90 Å². The van der Waals surface area contributed by atoms with Gasteiger partial charge in [-0.3, -0.25) is 0 Å². The molecule has 1 aromatic carbocycles. The van der Waals surface area contributed by atoms with Gasteiger partial charge >= 0.3 is 0 Å². The summed E-state index contributed by atoms with van der Waals surface area (Å²) in [5.74, 6) is 1.85. The van der Waals surface area contributed by atoms with E-state index < -0.39 is 10.0 Å². The number of hydrogen-bond donors (Lipinski definition) is 1. The molecule has 0 aromatic heterocycles. The van der Waals surface area contributed by atoms with Crippen LogP contribution in [0, 0.1) is 6.92 Å². The van der Waals surface area contributed by atoms with Crippen LogP contribution in [0.15, 0.2) is 17.0 Å². The van der Waals surface area contributed by atoms with E-state index >= 15 is 0 Å². The molecule has 0 spiro atoms. The van der Waals surface area contributed by atoms with Crippen LogP contribution in [0.5, 0.6) is 0 Å². The molecule has 2 rings (SSSR count). The molecule has 0 radical (unpaired) electrons. The fourth-order valence-corrected chi connectivity index (χ4v) is 5.69. The molecule has 1 saturated heterocycles. The summed E-state index contributed by atoms with van der Waals surface area (Å²) in [6.07, 6.45) is 0.893. The van der Waals surface area contributed by atoms with Crippen LogP contribution >= 0.6 is 23.4 Å². The van der Waals surface area contributed by atoms with E-state index in [1.54, 1.807) is 31.8 Å². The first-order valence-corrected chi connectivity index (χ1v) is 9.40. The standard InChI is InChI=1S/C13H19ClN2O2S2/c1-9-10(7-15)5-11(14)6-13(9)20(17,18)16(2)12-3-4-19-8-12/h5-6,12H,3-4,7-8,15H2,1-2H3. The first kappa shape index (κ1) is 16.1. The Morgan fingerprint density at radius 1 is 1.50 bits per heavy atom. The number of benzene rings is 1. The summed E-state index contributed by atoms with van der Waals surface area (Å²) in [6, 6.07) is 3.30. The van der Waals surface area contributed by atoms with Crippen LogP contribution < -0.4 is 5.73 Å². The van der Waals surface area contributed by atoms with Crippen molar-refractivity contribution in [2.45, 2.75) is 30.8 Å². The largest absolute Gasteiger partial charge is 0.326 e. The average molecular weight is 335 g/mol. The number of nitrogens with two attached hydrogens (primary N) is 1. The zero-order valence-corrected chi connectivity index (χ0v) is 14.0. The van der Waals surface area contributed by atoms with Crippen molar-refractivity contribution in [3.63, 3.8) is 0 Å². The molecule has 1 aliphatic heterocycles. The summed E-state index contributed by atoms with van der Waals surface area (Å²) in [5.41, 5.74) is 7.12. The third kappa shape index (κ3) is 2.99. The molecule has 1 aromatic rings. The second-order valence-corrected chi connectivity index (χ2v) is 8.48. The van der Waals surface area contributed by atoms with Crippen molar-refractivity contribution in [2.75, 3.05) is 18.6 Å². The van der Waals surface area contributed by atoms with Gasteiger partial charge in [-0.15, -0.1) is 0 Å². The van der Waals surface area contributed by atoms with E-state index in [9.17, 15) is 8.42 Å². The zero-order valence-electron chi connectivity index (χ0n) is 11.6. The molecule has 4 nitrogen and oxygen atoms in total. The molecule has 1 atom stereocenters. The monoisotopic (exact) mass is 334 g/mol. The highest BCUT2D eigenvalue weighted by atomic mass is 35.5. The summed E-state index contributed by atoms with van der Waals surface area (Å²) in [6.45, 7) is 2.06. The summed E-state index contributed by atoms with van der Waals surface area (Å²) < 4.78 is 27.0. The van der Waals surface area contributed by atoms with Crippen LogP contribution in [-0.2, 0) is 16.6 Å². The third-order valence-electron chi connectivity index (χ3n) is 3.73. The summed E-state index contributed by atoms with van der Waals surface area (Å²) >= 11 is 7.81. The van der Waals surface area contributed by atoms with Crippen molar-refractivity contribution in [1.82, 2.24) is 4.31 Å². The lowest BCUT2D eigenvalue weighted by Crippen LogP contribution is -2.37. The Bertz CT molecular complexity index is 599. The van der Waals surface area contributed by atoms with Gasteiger partial charge in [0.15, 0.2) is 0 Å². The minimum Gasteiger partial charge on any atom is -0.326 e. The SMILES string of the molecule is Cc1c(CN)cc(Cl)cc1S(=O)(=O)N(C)C1CCSC1. The minimum atomic E-state index is -3.53. The van der Waals surface area contributed by atoms with Gasteiger partial charge < -0.3 is 5.73 Å². The predicted octanol–water partition coefficient (Wildman–Crippen LogP) is 2.23. The third-order valence-corrected chi connectivity index (χ3v) is 7.13. The number of rotatable bonds is 4. The first-order chi connectivity index (χ1) is 9.37. The van der Waals surface area contributed by atoms with Gasteiger partial charge in [-0.1, -0.05) is 11.6 Å². The number of halogens is 1. The highest BCUT2D eigenvalue weighted by Gasteiger charge is 2.31. The van der Waals surface area contributed by atoms with Crippen molar-refractivity contribution in [3.05, 3.63) is 28.3 Å². The van der Waals surface area contributed by atoms with E-state index in [4.69, 9.17) is 17.3 Å². The lowest BCUT2D eigenvalue weighted by Gasteiger charge is -2.24. The van der Waals surface area contributed by atoms with E-state index in [1.807, 2.05) is 0 Å². The number of hydrogen-bond acceptors (Lipinski definition) is 4. The van der Waals surface area contributed by atoms with Crippen LogP contribution in [0.25, 0.3) is 0 Å². The van der Waals surface area contributed by atoms with Crippen LogP contribution in [0.2, 0.25) is 5.02 Å². The molecular formula is C13H19ClN2O2S2. The average Bonchev–Trinajstić information content (AvgIpc) is 2.93. The quantitative estimate of drug-likeness (QED) is 0.917. The van der Waals surface area contributed by atoms with Crippen LogP contribution in [0.1, 0.15) is 17.5 Å². The fourth-order valence-electron chi connectivity index (χ4n) is 2.35. The molecule has 1 fully saturated rings.